The van der Waals surface area contributed by atoms with Crippen LogP contribution in [0.3, 0.4) is 0 Å². The molecule has 0 unspecified atom stereocenters. The summed E-state index contributed by atoms with van der Waals surface area (Å²) in [6.45, 7) is 6.05. The number of benzene rings is 3. The van der Waals surface area contributed by atoms with Gasteiger partial charge >= 0.3 is 0 Å². The minimum atomic E-state index is -0.168. The van der Waals surface area contributed by atoms with E-state index in [0.717, 1.165) is 27.9 Å². The minimum Gasteiger partial charge on any atom is -0.306 e. The second-order valence-electron chi connectivity index (χ2n) is 6.39. The van der Waals surface area contributed by atoms with Crippen molar-refractivity contribution in [2.75, 3.05) is 0 Å². The lowest BCUT2D eigenvalue weighted by molar-refractivity contribution is 0.0977. The molecule has 3 aromatic rings. The number of hydrogen-bond acceptors (Lipinski definition) is 2. The van der Waals surface area contributed by atoms with E-state index in [0.29, 0.717) is 11.4 Å². The van der Waals surface area contributed by atoms with Crippen molar-refractivity contribution in [1.82, 2.24) is 5.32 Å². The molecule has 0 bridgehead atoms. The lowest BCUT2D eigenvalue weighted by Gasteiger charge is -2.12. The van der Waals surface area contributed by atoms with Crippen molar-refractivity contribution in [2.45, 2.75) is 20.8 Å². The molecule has 0 fully saturated rings. The Morgan fingerprint density at radius 1 is 0.731 bits per heavy atom. The molecule has 3 rings (SSSR count). The van der Waals surface area contributed by atoms with Gasteiger partial charge in [0.25, 0.3) is 5.91 Å². The molecule has 0 spiro atoms. The van der Waals surface area contributed by atoms with E-state index in [2.05, 4.69) is 5.32 Å². The molecule has 0 heterocycles. The van der Waals surface area contributed by atoms with Gasteiger partial charge in [-0.05, 0) is 44.0 Å². The van der Waals surface area contributed by atoms with E-state index in [9.17, 15) is 4.79 Å². The summed E-state index contributed by atoms with van der Waals surface area (Å²) in [6, 6.07) is 23.3. The second-order valence-corrected chi connectivity index (χ2v) is 6.39. The summed E-state index contributed by atoms with van der Waals surface area (Å²) in [5.41, 5.74) is 5.63. The average molecular weight is 342 g/mol. The van der Waals surface area contributed by atoms with Crippen LogP contribution in [0.4, 0.5) is 5.69 Å². The van der Waals surface area contributed by atoms with Crippen molar-refractivity contribution >= 4 is 17.4 Å². The van der Waals surface area contributed by atoms with E-state index in [4.69, 9.17) is 4.99 Å². The normalized spacial score (nSPS) is 11.3. The third kappa shape index (κ3) is 4.06. The molecule has 0 atom stereocenters. The number of nitrogens with zero attached hydrogens (tertiary/aromatic N) is 1. The van der Waals surface area contributed by atoms with Crippen LogP contribution >= 0.6 is 0 Å². The fraction of sp³-hybridized carbons (Fsp3) is 0.130. The van der Waals surface area contributed by atoms with Gasteiger partial charge in [-0.15, -0.1) is 0 Å². The number of carbonyl (C=O) groups excluding carboxylic acids is 1. The van der Waals surface area contributed by atoms with E-state index in [-0.39, 0.29) is 5.91 Å². The Bertz CT molecular complexity index is 921. The van der Waals surface area contributed by atoms with Gasteiger partial charge in [0.15, 0.2) is 0 Å². The van der Waals surface area contributed by atoms with E-state index >= 15 is 0 Å². The smallest absolute Gasteiger partial charge is 0.256 e. The van der Waals surface area contributed by atoms with Gasteiger partial charge < -0.3 is 5.32 Å². The number of nitrogens with one attached hydrogen (secondary N) is 1. The number of hydrogen-bond donors (Lipinski definition) is 1. The lowest BCUT2D eigenvalue weighted by Crippen LogP contribution is -2.31. The van der Waals surface area contributed by atoms with Crippen molar-refractivity contribution in [3.63, 3.8) is 0 Å². The average Bonchev–Trinajstić information content (AvgIpc) is 2.65. The zero-order valence-corrected chi connectivity index (χ0v) is 15.3. The van der Waals surface area contributed by atoms with Crippen molar-refractivity contribution in [3.8, 4) is 0 Å². The molecule has 0 aromatic heterocycles. The van der Waals surface area contributed by atoms with Crippen LogP contribution in [0.25, 0.3) is 0 Å². The van der Waals surface area contributed by atoms with Crippen LogP contribution in [0.15, 0.2) is 77.8 Å². The number of aryl methyl sites for hydroxylation is 3. The molecule has 0 aliphatic rings. The van der Waals surface area contributed by atoms with Gasteiger partial charge in [-0.1, -0.05) is 66.2 Å². The summed E-state index contributed by atoms with van der Waals surface area (Å²) in [7, 11) is 0. The fourth-order valence-electron chi connectivity index (χ4n) is 2.74. The molecule has 3 heteroatoms. The summed E-state index contributed by atoms with van der Waals surface area (Å²) in [5.74, 6) is 0.382. The predicted octanol–water partition coefficient (Wildman–Crippen LogP) is 5.12. The van der Waals surface area contributed by atoms with E-state index in [1.807, 2.05) is 93.6 Å². The van der Waals surface area contributed by atoms with Gasteiger partial charge in [0.2, 0.25) is 0 Å². The number of rotatable bonds is 3. The first kappa shape index (κ1) is 17.6. The summed E-state index contributed by atoms with van der Waals surface area (Å²) < 4.78 is 0. The van der Waals surface area contributed by atoms with Crippen LogP contribution < -0.4 is 5.32 Å². The van der Waals surface area contributed by atoms with E-state index < -0.39 is 0 Å². The summed E-state index contributed by atoms with van der Waals surface area (Å²) in [4.78, 5) is 17.5. The van der Waals surface area contributed by atoms with Crippen molar-refractivity contribution in [1.29, 1.82) is 0 Å². The zero-order chi connectivity index (χ0) is 18.5. The molecule has 1 N–H and O–H groups in total. The maximum atomic E-state index is 12.7. The second kappa shape index (κ2) is 7.79. The standard InChI is InChI=1S/C23H22N2O/c1-16-12-14-20(15-13-16)23(26)25-22(19-10-5-4-6-11-19)24-21-17(2)8-7-9-18(21)3/h4-15H,1-3H3,(H,24,25,26). The van der Waals surface area contributed by atoms with Gasteiger partial charge in [-0.3, -0.25) is 4.79 Å². The molecule has 0 aliphatic heterocycles. The first-order chi connectivity index (χ1) is 12.5. The highest BCUT2D eigenvalue weighted by Gasteiger charge is 2.12. The summed E-state index contributed by atoms with van der Waals surface area (Å²) >= 11 is 0. The number of carbonyl (C=O) groups is 1. The molecule has 130 valence electrons. The number of aliphatic imine (C=N–C) groups is 1. The molecule has 0 saturated heterocycles. The molecule has 3 nitrogen and oxygen atoms in total. The Hall–Kier alpha value is -3.20. The lowest BCUT2D eigenvalue weighted by atomic mass is 10.1. The maximum Gasteiger partial charge on any atom is 0.256 e. The van der Waals surface area contributed by atoms with Crippen molar-refractivity contribution < 1.29 is 4.79 Å². The zero-order valence-electron chi connectivity index (χ0n) is 15.3. The highest BCUT2D eigenvalue weighted by molar-refractivity contribution is 6.13. The Labute approximate surface area is 154 Å². The first-order valence-corrected chi connectivity index (χ1v) is 8.63. The van der Waals surface area contributed by atoms with Gasteiger partial charge in [-0.2, -0.15) is 0 Å². The largest absolute Gasteiger partial charge is 0.306 e. The van der Waals surface area contributed by atoms with Crippen molar-refractivity contribution in [2.24, 2.45) is 4.99 Å². The summed E-state index contributed by atoms with van der Waals surface area (Å²) in [6.07, 6.45) is 0. The molecular formula is C23H22N2O. The Morgan fingerprint density at radius 3 is 1.96 bits per heavy atom. The topological polar surface area (TPSA) is 41.5 Å². The predicted molar refractivity (Wildman–Crippen MR) is 107 cm³/mol. The van der Waals surface area contributed by atoms with E-state index in [1.165, 1.54) is 0 Å². The summed E-state index contributed by atoms with van der Waals surface area (Å²) in [5, 5.41) is 2.98. The SMILES string of the molecule is Cc1ccc(C(=O)NC(=Nc2c(C)cccc2C)c2ccccc2)cc1. The quantitative estimate of drug-likeness (QED) is 0.521. The Morgan fingerprint density at radius 2 is 1.35 bits per heavy atom. The van der Waals surface area contributed by atoms with Crippen LogP contribution in [-0.4, -0.2) is 11.7 Å². The van der Waals surface area contributed by atoms with Gasteiger partial charge in [0.1, 0.15) is 5.84 Å². The van der Waals surface area contributed by atoms with Crippen LogP contribution in [0.1, 0.15) is 32.6 Å². The Kier molecular flexibility index (Phi) is 5.28. The van der Waals surface area contributed by atoms with Crippen LogP contribution in [0.2, 0.25) is 0 Å². The molecule has 26 heavy (non-hydrogen) atoms. The highest BCUT2D eigenvalue weighted by Crippen LogP contribution is 2.24. The molecule has 1 amide bonds. The monoisotopic (exact) mass is 342 g/mol. The minimum absolute atomic E-state index is 0.168. The maximum absolute atomic E-state index is 12.7. The highest BCUT2D eigenvalue weighted by atomic mass is 16.1. The Balaban J connectivity index is 2.01. The first-order valence-electron chi connectivity index (χ1n) is 8.63. The third-order valence-corrected chi connectivity index (χ3v) is 4.26. The van der Waals surface area contributed by atoms with Crippen LogP contribution in [-0.2, 0) is 0 Å². The van der Waals surface area contributed by atoms with Crippen molar-refractivity contribution in [3.05, 3.63) is 101 Å². The fourth-order valence-corrected chi connectivity index (χ4v) is 2.74. The molecular weight excluding hydrogens is 320 g/mol. The van der Waals surface area contributed by atoms with Crippen LogP contribution in [0, 0.1) is 20.8 Å². The van der Waals surface area contributed by atoms with Gasteiger partial charge in [0.05, 0.1) is 5.69 Å². The molecule has 0 radical (unpaired) electrons. The third-order valence-electron chi connectivity index (χ3n) is 4.26. The molecule has 0 saturated carbocycles. The molecule has 3 aromatic carbocycles. The van der Waals surface area contributed by atoms with Gasteiger partial charge in [-0.25, -0.2) is 4.99 Å². The van der Waals surface area contributed by atoms with Gasteiger partial charge in [0, 0.05) is 11.1 Å². The van der Waals surface area contributed by atoms with Crippen LogP contribution in [0.5, 0.6) is 0 Å². The number of amides is 1. The van der Waals surface area contributed by atoms with E-state index in [1.54, 1.807) is 0 Å². The number of para-hydroxylation sites is 1. The molecule has 0 aliphatic carbocycles. The number of amidine groups is 1.